The number of carbonyl (C=O) groups is 2. The highest BCUT2D eigenvalue weighted by Gasteiger charge is 2.33. The largest absolute Gasteiger partial charge is 0.389 e. The minimum atomic E-state index is -0.865. The van der Waals surface area contributed by atoms with Crippen LogP contribution in [0.5, 0.6) is 0 Å². The molecule has 0 aromatic rings. The molecule has 0 aromatic carbocycles. The fourth-order valence-electron chi connectivity index (χ4n) is 3.43. The van der Waals surface area contributed by atoms with Gasteiger partial charge in [-0.3, -0.25) is 9.59 Å². The first-order valence-electron chi connectivity index (χ1n) is 8.31. The van der Waals surface area contributed by atoms with Crippen molar-refractivity contribution in [3.63, 3.8) is 0 Å². The van der Waals surface area contributed by atoms with Crippen LogP contribution in [0.3, 0.4) is 0 Å². The van der Waals surface area contributed by atoms with Gasteiger partial charge in [-0.25, -0.2) is 0 Å². The number of carbonyl (C=O) groups excluding carboxylic acids is 2. The monoisotopic (exact) mass is 296 g/mol. The predicted molar refractivity (Wildman–Crippen MR) is 80.7 cm³/mol. The average Bonchev–Trinajstić information content (AvgIpc) is 2.47. The quantitative estimate of drug-likeness (QED) is 0.827. The molecule has 21 heavy (non-hydrogen) atoms. The molecule has 5 nitrogen and oxygen atoms in total. The third kappa shape index (κ3) is 4.70. The van der Waals surface area contributed by atoms with Crippen LogP contribution in [0.4, 0.5) is 0 Å². The van der Waals surface area contributed by atoms with Gasteiger partial charge in [0, 0.05) is 13.1 Å². The molecule has 0 spiro atoms. The molecule has 1 saturated carbocycles. The molecule has 0 radical (unpaired) electrons. The minimum absolute atomic E-state index is 0.00122. The number of hydrogen-bond donors (Lipinski definition) is 2. The van der Waals surface area contributed by atoms with E-state index in [4.69, 9.17) is 0 Å². The highest BCUT2D eigenvalue weighted by molar-refractivity contribution is 5.87. The zero-order valence-electron chi connectivity index (χ0n) is 13.1. The molecule has 2 rings (SSSR count). The van der Waals surface area contributed by atoms with Crippen molar-refractivity contribution in [2.45, 2.75) is 76.4 Å². The van der Waals surface area contributed by atoms with Gasteiger partial charge in [0.1, 0.15) is 6.04 Å². The summed E-state index contributed by atoms with van der Waals surface area (Å²) in [5, 5.41) is 13.1. The van der Waals surface area contributed by atoms with E-state index >= 15 is 0 Å². The van der Waals surface area contributed by atoms with Gasteiger partial charge >= 0.3 is 0 Å². The summed E-state index contributed by atoms with van der Waals surface area (Å²) in [4.78, 5) is 26.2. The Morgan fingerprint density at radius 2 is 1.67 bits per heavy atom. The topological polar surface area (TPSA) is 69.6 Å². The normalized spacial score (nSPS) is 23.4. The Balaban J connectivity index is 1.79. The molecule has 0 bridgehead atoms. The van der Waals surface area contributed by atoms with Crippen LogP contribution in [0.15, 0.2) is 0 Å². The molecule has 0 aromatic heterocycles. The van der Waals surface area contributed by atoms with E-state index < -0.39 is 11.6 Å². The Kier molecular flexibility index (Phi) is 5.62. The molecular formula is C16H28N2O3. The van der Waals surface area contributed by atoms with Gasteiger partial charge < -0.3 is 15.3 Å². The van der Waals surface area contributed by atoms with Crippen molar-refractivity contribution >= 4 is 11.8 Å². The number of hydrogen-bond acceptors (Lipinski definition) is 3. The third-order valence-corrected chi connectivity index (χ3v) is 4.69. The molecule has 0 unspecified atom stereocenters. The fourth-order valence-corrected chi connectivity index (χ4v) is 3.43. The highest BCUT2D eigenvalue weighted by atomic mass is 16.3. The van der Waals surface area contributed by atoms with Crippen molar-refractivity contribution in [2.24, 2.45) is 0 Å². The Labute approximate surface area is 127 Å². The maximum atomic E-state index is 12.3. The van der Waals surface area contributed by atoms with Crippen LogP contribution in [0.25, 0.3) is 0 Å². The van der Waals surface area contributed by atoms with E-state index in [1.807, 2.05) is 4.90 Å². The van der Waals surface area contributed by atoms with Crippen molar-refractivity contribution in [3.8, 4) is 0 Å². The van der Waals surface area contributed by atoms with E-state index in [1.165, 1.54) is 6.42 Å². The first-order chi connectivity index (χ1) is 10.0. The lowest BCUT2D eigenvalue weighted by atomic mass is 9.82. The van der Waals surface area contributed by atoms with Crippen molar-refractivity contribution in [1.29, 1.82) is 0 Å². The maximum Gasteiger partial charge on any atom is 0.244 e. The number of aliphatic hydroxyl groups is 1. The summed E-state index contributed by atoms with van der Waals surface area (Å²) < 4.78 is 0. The summed E-state index contributed by atoms with van der Waals surface area (Å²) in [7, 11) is 0. The van der Waals surface area contributed by atoms with Gasteiger partial charge in [0.05, 0.1) is 12.0 Å². The van der Waals surface area contributed by atoms with E-state index in [0.29, 0.717) is 12.8 Å². The van der Waals surface area contributed by atoms with Crippen LogP contribution in [-0.2, 0) is 9.59 Å². The van der Waals surface area contributed by atoms with Crippen LogP contribution in [0.2, 0.25) is 0 Å². The van der Waals surface area contributed by atoms with Crippen LogP contribution in [0.1, 0.15) is 64.7 Å². The minimum Gasteiger partial charge on any atom is -0.389 e. The number of amides is 2. The highest BCUT2D eigenvalue weighted by Crippen LogP contribution is 2.30. The lowest BCUT2D eigenvalue weighted by Crippen LogP contribution is -2.50. The van der Waals surface area contributed by atoms with Gasteiger partial charge in [0.2, 0.25) is 11.8 Å². The summed E-state index contributed by atoms with van der Waals surface area (Å²) >= 11 is 0. The fraction of sp³-hybridized carbons (Fsp3) is 0.875. The smallest absolute Gasteiger partial charge is 0.244 e. The van der Waals surface area contributed by atoms with Gasteiger partial charge in [0.25, 0.3) is 0 Å². The molecule has 1 heterocycles. The molecule has 2 amide bonds. The average molecular weight is 296 g/mol. The first kappa shape index (κ1) is 16.3. The summed E-state index contributed by atoms with van der Waals surface area (Å²) in [5.41, 5.74) is -0.865. The van der Waals surface area contributed by atoms with Gasteiger partial charge in [-0.2, -0.15) is 0 Å². The molecule has 2 aliphatic rings. The van der Waals surface area contributed by atoms with Crippen molar-refractivity contribution in [2.75, 3.05) is 13.1 Å². The van der Waals surface area contributed by atoms with Crippen LogP contribution in [0, 0.1) is 0 Å². The standard InChI is InChI=1S/C16H28N2O3/c1-13(15(20)18-10-6-3-7-11-18)17-14(19)12-16(21)8-4-2-5-9-16/h13,21H,2-12H2,1H3,(H,17,19)/t13-/m0/s1. The molecule has 5 heteroatoms. The maximum absolute atomic E-state index is 12.3. The van der Waals surface area contributed by atoms with Gasteiger partial charge in [-0.1, -0.05) is 19.3 Å². The third-order valence-electron chi connectivity index (χ3n) is 4.69. The zero-order chi connectivity index (χ0) is 15.3. The number of nitrogens with one attached hydrogen (secondary N) is 1. The van der Waals surface area contributed by atoms with Gasteiger partial charge in [-0.15, -0.1) is 0 Å². The van der Waals surface area contributed by atoms with Crippen molar-refractivity contribution < 1.29 is 14.7 Å². The molecule has 2 N–H and O–H groups in total. The Morgan fingerprint density at radius 1 is 1.10 bits per heavy atom. The lowest BCUT2D eigenvalue weighted by Gasteiger charge is -2.32. The van der Waals surface area contributed by atoms with E-state index in [9.17, 15) is 14.7 Å². The van der Waals surface area contributed by atoms with Crippen molar-refractivity contribution in [3.05, 3.63) is 0 Å². The van der Waals surface area contributed by atoms with E-state index in [0.717, 1.165) is 45.2 Å². The molecule has 1 aliphatic heterocycles. The molecule has 1 saturated heterocycles. The molecule has 2 fully saturated rings. The van der Waals surface area contributed by atoms with Crippen molar-refractivity contribution in [1.82, 2.24) is 10.2 Å². The van der Waals surface area contributed by atoms with E-state index in [-0.39, 0.29) is 18.2 Å². The SMILES string of the molecule is C[C@H](NC(=O)CC1(O)CCCCC1)C(=O)N1CCCCC1. The van der Waals surface area contributed by atoms with E-state index in [2.05, 4.69) is 5.32 Å². The number of piperidine rings is 1. The Bertz CT molecular complexity index is 372. The number of rotatable bonds is 4. The second kappa shape index (κ2) is 7.25. The zero-order valence-corrected chi connectivity index (χ0v) is 13.1. The van der Waals surface area contributed by atoms with Crippen LogP contribution >= 0.6 is 0 Å². The predicted octanol–water partition coefficient (Wildman–Crippen LogP) is 1.59. The molecule has 1 atom stereocenters. The molecule has 120 valence electrons. The lowest BCUT2D eigenvalue weighted by molar-refractivity contribution is -0.138. The van der Waals surface area contributed by atoms with Crippen LogP contribution in [-0.4, -0.2) is 46.6 Å². The summed E-state index contributed by atoms with van der Waals surface area (Å²) in [6.45, 7) is 3.33. The van der Waals surface area contributed by atoms with E-state index in [1.54, 1.807) is 6.92 Å². The molecule has 1 aliphatic carbocycles. The van der Waals surface area contributed by atoms with Gasteiger partial charge in [-0.05, 0) is 39.0 Å². The summed E-state index contributed by atoms with van der Waals surface area (Å²) in [6.07, 6.45) is 7.86. The summed E-state index contributed by atoms with van der Waals surface area (Å²) in [5.74, 6) is -0.212. The van der Waals surface area contributed by atoms with Gasteiger partial charge in [0.15, 0.2) is 0 Å². The number of nitrogens with zero attached hydrogens (tertiary/aromatic N) is 1. The summed E-state index contributed by atoms with van der Waals surface area (Å²) in [6, 6.07) is -0.497. The second-order valence-electron chi connectivity index (χ2n) is 6.64. The molecular weight excluding hydrogens is 268 g/mol. The first-order valence-corrected chi connectivity index (χ1v) is 8.31. The number of likely N-dealkylation sites (tertiary alicyclic amines) is 1. The Morgan fingerprint density at radius 3 is 2.29 bits per heavy atom. The van der Waals surface area contributed by atoms with Crippen LogP contribution < -0.4 is 5.32 Å². The second-order valence-corrected chi connectivity index (χ2v) is 6.64. The Hall–Kier alpha value is -1.10.